The van der Waals surface area contributed by atoms with Crippen molar-refractivity contribution < 1.29 is 12.8 Å². The molecule has 0 aromatic heterocycles. The van der Waals surface area contributed by atoms with Gasteiger partial charge >= 0.3 is 0 Å². The van der Waals surface area contributed by atoms with E-state index in [9.17, 15) is 12.8 Å². The molecule has 1 aliphatic rings. The standard InChI is InChI=1S/C14H21FN2O2S/c15-12-7-4-8-13(9-12)20(18,19)17-14(10-16)11-5-2-1-3-6-11/h4,7-9,11,14,17H,1-3,5-6,10,16H2. The van der Waals surface area contributed by atoms with Crippen LogP contribution in [-0.2, 0) is 10.0 Å². The monoisotopic (exact) mass is 300 g/mol. The number of rotatable bonds is 5. The van der Waals surface area contributed by atoms with Gasteiger partial charge in [0.15, 0.2) is 0 Å². The predicted molar refractivity (Wildman–Crippen MR) is 76.1 cm³/mol. The lowest BCUT2D eigenvalue weighted by Gasteiger charge is -2.29. The van der Waals surface area contributed by atoms with Crippen molar-refractivity contribution in [1.82, 2.24) is 4.72 Å². The molecule has 0 bridgehead atoms. The largest absolute Gasteiger partial charge is 0.329 e. The summed E-state index contributed by atoms with van der Waals surface area (Å²) in [7, 11) is -3.71. The quantitative estimate of drug-likeness (QED) is 0.873. The van der Waals surface area contributed by atoms with Crippen LogP contribution in [-0.4, -0.2) is 21.0 Å². The molecule has 1 fully saturated rings. The fourth-order valence-corrected chi connectivity index (χ4v) is 4.12. The van der Waals surface area contributed by atoms with E-state index in [4.69, 9.17) is 5.73 Å². The van der Waals surface area contributed by atoms with Gasteiger partial charge in [0.05, 0.1) is 4.90 Å². The van der Waals surface area contributed by atoms with Gasteiger partial charge in [-0.25, -0.2) is 17.5 Å². The van der Waals surface area contributed by atoms with E-state index in [0.717, 1.165) is 31.7 Å². The summed E-state index contributed by atoms with van der Waals surface area (Å²) >= 11 is 0. The molecule has 1 aromatic rings. The average molecular weight is 300 g/mol. The summed E-state index contributed by atoms with van der Waals surface area (Å²) in [5, 5.41) is 0. The number of nitrogens with two attached hydrogens (primary N) is 1. The second-order valence-corrected chi connectivity index (χ2v) is 7.03. The number of hydrogen-bond acceptors (Lipinski definition) is 3. The van der Waals surface area contributed by atoms with Crippen molar-refractivity contribution in [3.05, 3.63) is 30.1 Å². The second-order valence-electron chi connectivity index (χ2n) is 5.32. The average Bonchev–Trinajstić information content (AvgIpc) is 2.46. The van der Waals surface area contributed by atoms with Crippen LogP contribution in [0.5, 0.6) is 0 Å². The van der Waals surface area contributed by atoms with E-state index >= 15 is 0 Å². The van der Waals surface area contributed by atoms with Gasteiger partial charge in [0, 0.05) is 12.6 Å². The molecular weight excluding hydrogens is 279 g/mol. The summed E-state index contributed by atoms with van der Waals surface area (Å²) in [4.78, 5) is -0.0493. The number of sulfonamides is 1. The van der Waals surface area contributed by atoms with Crippen LogP contribution >= 0.6 is 0 Å². The van der Waals surface area contributed by atoms with Gasteiger partial charge in [0.25, 0.3) is 0 Å². The zero-order chi connectivity index (χ0) is 14.6. The van der Waals surface area contributed by atoms with Crippen molar-refractivity contribution in [2.75, 3.05) is 6.54 Å². The van der Waals surface area contributed by atoms with Gasteiger partial charge < -0.3 is 5.73 Å². The molecule has 4 nitrogen and oxygen atoms in total. The predicted octanol–water partition coefficient (Wildman–Crippen LogP) is 2.01. The van der Waals surface area contributed by atoms with Crippen LogP contribution in [0, 0.1) is 11.7 Å². The lowest BCUT2D eigenvalue weighted by atomic mass is 9.84. The fraction of sp³-hybridized carbons (Fsp3) is 0.571. The van der Waals surface area contributed by atoms with E-state index in [1.165, 1.54) is 24.6 Å². The summed E-state index contributed by atoms with van der Waals surface area (Å²) in [6.45, 7) is 0.263. The molecule has 0 saturated heterocycles. The normalized spacial score (nSPS) is 18.9. The molecule has 2 rings (SSSR count). The zero-order valence-electron chi connectivity index (χ0n) is 11.4. The molecule has 1 unspecified atom stereocenters. The Bertz CT molecular complexity index is 542. The van der Waals surface area contributed by atoms with Crippen LogP contribution < -0.4 is 10.5 Å². The maximum Gasteiger partial charge on any atom is 0.240 e. The molecule has 0 spiro atoms. The number of hydrogen-bond donors (Lipinski definition) is 2. The van der Waals surface area contributed by atoms with Gasteiger partial charge in [-0.15, -0.1) is 0 Å². The molecule has 1 atom stereocenters. The summed E-state index contributed by atoms with van der Waals surface area (Å²) in [6, 6.07) is 4.75. The van der Waals surface area contributed by atoms with Gasteiger partial charge in [0.2, 0.25) is 10.0 Å². The summed E-state index contributed by atoms with van der Waals surface area (Å²) in [6.07, 6.45) is 5.41. The van der Waals surface area contributed by atoms with E-state index in [-0.39, 0.29) is 23.4 Å². The van der Waals surface area contributed by atoms with E-state index in [2.05, 4.69) is 4.72 Å². The molecule has 1 saturated carbocycles. The molecule has 0 aliphatic heterocycles. The van der Waals surface area contributed by atoms with Gasteiger partial charge in [-0.2, -0.15) is 0 Å². The minimum absolute atomic E-state index is 0.0493. The van der Waals surface area contributed by atoms with Crippen LogP contribution in [0.2, 0.25) is 0 Å². The third kappa shape index (κ3) is 3.77. The molecule has 3 N–H and O–H groups in total. The Morgan fingerprint density at radius 2 is 2.00 bits per heavy atom. The Morgan fingerprint density at radius 1 is 1.30 bits per heavy atom. The summed E-state index contributed by atoms with van der Waals surface area (Å²) < 4.78 is 40.3. The fourth-order valence-electron chi connectivity index (χ4n) is 2.77. The van der Waals surface area contributed by atoms with Crippen molar-refractivity contribution in [1.29, 1.82) is 0 Å². The minimum Gasteiger partial charge on any atom is -0.329 e. The highest BCUT2D eigenvalue weighted by Gasteiger charge is 2.27. The molecule has 0 radical (unpaired) electrons. The van der Waals surface area contributed by atoms with Crippen LogP contribution in [0.1, 0.15) is 32.1 Å². The highest BCUT2D eigenvalue weighted by atomic mass is 32.2. The molecule has 0 amide bonds. The minimum atomic E-state index is -3.71. The summed E-state index contributed by atoms with van der Waals surface area (Å²) in [5.41, 5.74) is 5.72. The highest BCUT2D eigenvalue weighted by Crippen LogP contribution is 2.27. The topological polar surface area (TPSA) is 72.2 Å². The van der Waals surface area contributed by atoms with E-state index in [1.807, 2.05) is 0 Å². The maximum absolute atomic E-state index is 13.2. The molecule has 112 valence electrons. The van der Waals surface area contributed by atoms with Crippen LogP contribution in [0.25, 0.3) is 0 Å². The Hall–Kier alpha value is -0.980. The van der Waals surface area contributed by atoms with Crippen LogP contribution in [0.4, 0.5) is 4.39 Å². The van der Waals surface area contributed by atoms with Gasteiger partial charge in [-0.05, 0) is 37.0 Å². The first-order chi connectivity index (χ1) is 9.53. The van der Waals surface area contributed by atoms with Crippen molar-refractivity contribution in [2.24, 2.45) is 11.7 Å². The Kier molecular flexibility index (Phi) is 5.12. The molecule has 20 heavy (non-hydrogen) atoms. The summed E-state index contributed by atoms with van der Waals surface area (Å²) in [5.74, 6) is -0.285. The Balaban J connectivity index is 2.13. The highest BCUT2D eigenvalue weighted by molar-refractivity contribution is 7.89. The van der Waals surface area contributed by atoms with Crippen molar-refractivity contribution in [3.8, 4) is 0 Å². The second kappa shape index (κ2) is 6.65. The Morgan fingerprint density at radius 3 is 2.60 bits per heavy atom. The lowest BCUT2D eigenvalue weighted by molar-refractivity contribution is 0.294. The van der Waals surface area contributed by atoms with E-state index in [1.54, 1.807) is 0 Å². The SMILES string of the molecule is NCC(NS(=O)(=O)c1cccc(F)c1)C1CCCCC1. The third-order valence-electron chi connectivity index (χ3n) is 3.89. The third-order valence-corrected chi connectivity index (χ3v) is 5.37. The van der Waals surface area contributed by atoms with Crippen LogP contribution in [0.3, 0.4) is 0 Å². The number of nitrogens with one attached hydrogen (secondary N) is 1. The van der Waals surface area contributed by atoms with E-state index in [0.29, 0.717) is 0 Å². The van der Waals surface area contributed by atoms with E-state index < -0.39 is 15.8 Å². The Labute approximate surface area is 119 Å². The lowest BCUT2D eigenvalue weighted by Crippen LogP contribution is -2.45. The van der Waals surface area contributed by atoms with Crippen molar-refractivity contribution in [2.45, 2.75) is 43.0 Å². The molecule has 1 aromatic carbocycles. The first-order valence-electron chi connectivity index (χ1n) is 7.01. The number of benzene rings is 1. The maximum atomic E-state index is 13.2. The van der Waals surface area contributed by atoms with Crippen molar-refractivity contribution in [3.63, 3.8) is 0 Å². The molecule has 0 heterocycles. The van der Waals surface area contributed by atoms with Crippen molar-refractivity contribution >= 4 is 10.0 Å². The van der Waals surface area contributed by atoms with Gasteiger partial charge in [-0.1, -0.05) is 25.3 Å². The van der Waals surface area contributed by atoms with Crippen LogP contribution in [0.15, 0.2) is 29.2 Å². The molecular formula is C14H21FN2O2S. The van der Waals surface area contributed by atoms with Gasteiger partial charge in [-0.3, -0.25) is 0 Å². The first-order valence-corrected chi connectivity index (χ1v) is 8.49. The first kappa shape index (κ1) is 15.4. The smallest absolute Gasteiger partial charge is 0.240 e. The zero-order valence-corrected chi connectivity index (χ0v) is 12.2. The molecule has 1 aliphatic carbocycles. The van der Waals surface area contributed by atoms with Gasteiger partial charge in [0.1, 0.15) is 5.82 Å². The molecule has 6 heteroatoms. The number of halogens is 1.